The number of rotatable bonds is 6. The summed E-state index contributed by atoms with van der Waals surface area (Å²) >= 11 is 0. The molecule has 1 aromatic carbocycles. The van der Waals surface area contributed by atoms with Crippen molar-refractivity contribution in [3.05, 3.63) is 35.9 Å². The third kappa shape index (κ3) is 4.04. The monoisotopic (exact) mass is 290 g/mol. The summed E-state index contributed by atoms with van der Waals surface area (Å²) in [6.07, 6.45) is 0.289. The third-order valence-electron chi connectivity index (χ3n) is 3.81. The van der Waals surface area contributed by atoms with Gasteiger partial charge in [-0.3, -0.25) is 9.59 Å². The Kier molecular flexibility index (Phi) is 5.33. The standard InChI is InChI=1S/C16H22N2O3/c1-12(13-6-4-3-5-7-13)17-16(20)14-10-15(19)18(11-14)8-9-21-2/h3-7,12,14H,8-11H2,1-2H3,(H,17,20). The number of hydrogen-bond donors (Lipinski definition) is 1. The Morgan fingerprint density at radius 1 is 1.43 bits per heavy atom. The average molecular weight is 290 g/mol. The zero-order chi connectivity index (χ0) is 15.2. The van der Waals surface area contributed by atoms with Crippen LogP contribution in [0.2, 0.25) is 0 Å². The van der Waals surface area contributed by atoms with Crippen molar-refractivity contribution >= 4 is 11.8 Å². The molecule has 2 rings (SSSR count). The van der Waals surface area contributed by atoms with Crippen molar-refractivity contribution in [3.63, 3.8) is 0 Å². The Morgan fingerprint density at radius 3 is 2.81 bits per heavy atom. The van der Waals surface area contributed by atoms with Crippen LogP contribution in [0.5, 0.6) is 0 Å². The van der Waals surface area contributed by atoms with Crippen LogP contribution in [0.15, 0.2) is 30.3 Å². The number of hydrogen-bond acceptors (Lipinski definition) is 3. The van der Waals surface area contributed by atoms with Gasteiger partial charge in [0.05, 0.1) is 18.6 Å². The molecular formula is C16H22N2O3. The summed E-state index contributed by atoms with van der Waals surface area (Å²) in [6, 6.07) is 9.75. The fraction of sp³-hybridized carbons (Fsp3) is 0.500. The SMILES string of the molecule is COCCN1CC(C(=O)NC(C)c2ccccc2)CC1=O. The van der Waals surface area contributed by atoms with Gasteiger partial charge in [0.25, 0.3) is 0 Å². The summed E-state index contributed by atoms with van der Waals surface area (Å²) in [4.78, 5) is 25.8. The lowest BCUT2D eigenvalue weighted by Gasteiger charge is -2.18. The Balaban J connectivity index is 1.88. The summed E-state index contributed by atoms with van der Waals surface area (Å²) in [5.74, 6) is -0.292. The molecule has 0 saturated carbocycles. The molecule has 114 valence electrons. The van der Waals surface area contributed by atoms with Gasteiger partial charge in [-0.25, -0.2) is 0 Å². The maximum atomic E-state index is 12.3. The largest absolute Gasteiger partial charge is 0.383 e. The molecule has 0 aromatic heterocycles. The zero-order valence-corrected chi connectivity index (χ0v) is 12.5. The van der Waals surface area contributed by atoms with E-state index >= 15 is 0 Å². The second-order valence-corrected chi connectivity index (χ2v) is 5.37. The number of carbonyl (C=O) groups excluding carboxylic acids is 2. The van der Waals surface area contributed by atoms with E-state index < -0.39 is 0 Å². The highest BCUT2D eigenvalue weighted by molar-refractivity contribution is 5.89. The molecule has 1 heterocycles. The number of amides is 2. The van der Waals surface area contributed by atoms with Crippen molar-refractivity contribution in [1.29, 1.82) is 0 Å². The van der Waals surface area contributed by atoms with Gasteiger partial charge in [0.15, 0.2) is 0 Å². The first-order valence-corrected chi connectivity index (χ1v) is 7.24. The lowest BCUT2D eigenvalue weighted by atomic mass is 10.1. The normalized spacial score (nSPS) is 19.6. The molecule has 1 aliphatic heterocycles. The van der Waals surface area contributed by atoms with Gasteiger partial charge in [-0.15, -0.1) is 0 Å². The van der Waals surface area contributed by atoms with Crippen LogP contribution >= 0.6 is 0 Å². The van der Waals surface area contributed by atoms with Gasteiger partial charge in [0.1, 0.15) is 0 Å². The minimum atomic E-state index is -0.263. The van der Waals surface area contributed by atoms with Crippen LogP contribution in [0.4, 0.5) is 0 Å². The molecule has 0 spiro atoms. The van der Waals surface area contributed by atoms with Gasteiger partial charge in [0, 0.05) is 26.6 Å². The van der Waals surface area contributed by atoms with E-state index in [4.69, 9.17) is 4.74 Å². The van der Waals surface area contributed by atoms with Crippen LogP contribution in [0, 0.1) is 5.92 Å². The summed E-state index contributed by atoms with van der Waals surface area (Å²) in [5, 5.41) is 2.99. The number of ether oxygens (including phenoxy) is 1. The van der Waals surface area contributed by atoms with E-state index in [0.717, 1.165) is 5.56 Å². The van der Waals surface area contributed by atoms with Crippen LogP contribution in [0.1, 0.15) is 24.9 Å². The van der Waals surface area contributed by atoms with Gasteiger partial charge in [-0.05, 0) is 12.5 Å². The number of likely N-dealkylation sites (tertiary alicyclic amines) is 1. The molecule has 2 atom stereocenters. The van der Waals surface area contributed by atoms with E-state index in [-0.39, 0.29) is 30.2 Å². The molecule has 0 bridgehead atoms. The molecule has 1 N–H and O–H groups in total. The Hall–Kier alpha value is -1.88. The molecule has 5 nitrogen and oxygen atoms in total. The lowest BCUT2D eigenvalue weighted by Crippen LogP contribution is -2.35. The Bertz CT molecular complexity index is 490. The molecule has 0 radical (unpaired) electrons. The predicted molar refractivity (Wildman–Crippen MR) is 79.6 cm³/mol. The maximum absolute atomic E-state index is 12.3. The first-order chi connectivity index (χ1) is 10.1. The van der Waals surface area contributed by atoms with E-state index in [0.29, 0.717) is 19.7 Å². The number of methoxy groups -OCH3 is 1. The lowest BCUT2D eigenvalue weighted by molar-refractivity contribution is -0.129. The van der Waals surface area contributed by atoms with Crippen molar-refractivity contribution in [2.45, 2.75) is 19.4 Å². The van der Waals surface area contributed by atoms with E-state index in [2.05, 4.69) is 5.32 Å². The van der Waals surface area contributed by atoms with Gasteiger partial charge in [-0.2, -0.15) is 0 Å². The van der Waals surface area contributed by atoms with Crippen molar-refractivity contribution < 1.29 is 14.3 Å². The maximum Gasteiger partial charge on any atom is 0.225 e. The summed E-state index contributed by atoms with van der Waals surface area (Å²) < 4.78 is 4.98. The van der Waals surface area contributed by atoms with E-state index in [1.54, 1.807) is 12.0 Å². The van der Waals surface area contributed by atoms with Crippen LogP contribution in [0.3, 0.4) is 0 Å². The summed E-state index contributed by atoms with van der Waals surface area (Å²) in [5.41, 5.74) is 1.06. The second-order valence-electron chi connectivity index (χ2n) is 5.37. The minimum Gasteiger partial charge on any atom is -0.383 e. The molecule has 2 unspecified atom stereocenters. The average Bonchev–Trinajstić information content (AvgIpc) is 2.87. The summed E-state index contributed by atoms with van der Waals surface area (Å²) in [6.45, 7) is 3.48. The molecule has 1 aromatic rings. The molecule has 1 fully saturated rings. The molecule has 5 heteroatoms. The highest BCUT2D eigenvalue weighted by Crippen LogP contribution is 2.19. The van der Waals surface area contributed by atoms with Crippen LogP contribution in [-0.4, -0.2) is 43.5 Å². The fourth-order valence-corrected chi connectivity index (χ4v) is 2.52. The summed E-state index contributed by atoms with van der Waals surface area (Å²) in [7, 11) is 1.60. The van der Waals surface area contributed by atoms with Gasteiger partial charge < -0.3 is 15.0 Å². The molecule has 1 aliphatic rings. The first-order valence-electron chi connectivity index (χ1n) is 7.24. The number of carbonyl (C=O) groups is 2. The third-order valence-corrected chi connectivity index (χ3v) is 3.81. The van der Waals surface area contributed by atoms with Crippen molar-refractivity contribution in [3.8, 4) is 0 Å². The van der Waals surface area contributed by atoms with Gasteiger partial charge in [0.2, 0.25) is 11.8 Å². The smallest absolute Gasteiger partial charge is 0.225 e. The highest BCUT2D eigenvalue weighted by atomic mass is 16.5. The Morgan fingerprint density at radius 2 is 2.14 bits per heavy atom. The van der Waals surface area contributed by atoms with E-state index in [9.17, 15) is 9.59 Å². The van der Waals surface area contributed by atoms with Gasteiger partial charge >= 0.3 is 0 Å². The Labute approximate surface area is 125 Å². The molecule has 2 amide bonds. The zero-order valence-electron chi connectivity index (χ0n) is 12.5. The van der Waals surface area contributed by atoms with Gasteiger partial charge in [-0.1, -0.05) is 30.3 Å². The minimum absolute atomic E-state index is 0.0274. The number of nitrogens with one attached hydrogen (secondary N) is 1. The molecule has 1 saturated heterocycles. The molecule has 0 aliphatic carbocycles. The van der Waals surface area contributed by atoms with Crippen molar-refractivity contribution in [1.82, 2.24) is 10.2 Å². The number of benzene rings is 1. The van der Waals surface area contributed by atoms with Crippen molar-refractivity contribution in [2.75, 3.05) is 26.8 Å². The fourth-order valence-electron chi connectivity index (χ4n) is 2.52. The highest BCUT2D eigenvalue weighted by Gasteiger charge is 2.34. The second kappa shape index (κ2) is 7.22. The predicted octanol–water partition coefficient (Wildman–Crippen LogP) is 1.36. The van der Waals surface area contributed by atoms with Crippen LogP contribution in [-0.2, 0) is 14.3 Å². The van der Waals surface area contributed by atoms with Crippen LogP contribution in [0.25, 0.3) is 0 Å². The molecule has 21 heavy (non-hydrogen) atoms. The van der Waals surface area contributed by atoms with E-state index in [1.807, 2.05) is 37.3 Å². The first kappa shape index (κ1) is 15.5. The van der Waals surface area contributed by atoms with Crippen molar-refractivity contribution in [2.24, 2.45) is 5.92 Å². The van der Waals surface area contributed by atoms with Crippen LogP contribution < -0.4 is 5.32 Å². The number of nitrogens with zero attached hydrogens (tertiary/aromatic N) is 1. The van der Waals surface area contributed by atoms with E-state index in [1.165, 1.54) is 0 Å². The quantitative estimate of drug-likeness (QED) is 0.860. The molecular weight excluding hydrogens is 268 g/mol. The topological polar surface area (TPSA) is 58.6 Å².